The third-order valence-corrected chi connectivity index (χ3v) is 6.12. The van der Waals surface area contributed by atoms with Gasteiger partial charge in [-0.25, -0.2) is 4.39 Å². The van der Waals surface area contributed by atoms with Crippen LogP contribution in [0.15, 0.2) is 60.7 Å². The molecule has 4 rings (SSSR count). The monoisotopic (exact) mass is 406 g/mol. The van der Waals surface area contributed by atoms with Crippen LogP contribution in [-0.2, 0) is 4.79 Å². The van der Waals surface area contributed by atoms with Gasteiger partial charge in [-0.2, -0.15) is 0 Å². The Morgan fingerprint density at radius 1 is 1.07 bits per heavy atom. The van der Waals surface area contributed by atoms with E-state index < -0.39 is 5.97 Å². The number of carboxylic acids is 1. The Kier molecular flexibility index (Phi) is 6.00. The van der Waals surface area contributed by atoms with Crippen LogP contribution in [-0.4, -0.2) is 23.7 Å². The van der Waals surface area contributed by atoms with E-state index in [9.17, 15) is 9.18 Å². The van der Waals surface area contributed by atoms with Crippen LogP contribution in [0.3, 0.4) is 0 Å². The molecule has 3 aromatic rings. The summed E-state index contributed by atoms with van der Waals surface area (Å²) in [6, 6.07) is 19.7. The SMILES string of the molecule is C[C@@H](NC1CC[C@@H](c2ccc(NCC(=O)O)cc2)C1)c1ccc(F)c2ccccc12. The molecule has 4 nitrogen and oxygen atoms in total. The van der Waals surface area contributed by atoms with Gasteiger partial charge in [0.2, 0.25) is 0 Å². The smallest absolute Gasteiger partial charge is 0.322 e. The van der Waals surface area contributed by atoms with Crippen LogP contribution in [0.4, 0.5) is 10.1 Å². The number of nitrogens with one attached hydrogen (secondary N) is 2. The van der Waals surface area contributed by atoms with E-state index >= 15 is 0 Å². The molecule has 0 saturated heterocycles. The van der Waals surface area contributed by atoms with Crippen LogP contribution < -0.4 is 10.6 Å². The van der Waals surface area contributed by atoms with Gasteiger partial charge in [-0.15, -0.1) is 0 Å². The third-order valence-electron chi connectivity index (χ3n) is 6.12. The van der Waals surface area contributed by atoms with Crippen molar-refractivity contribution in [1.82, 2.24) is 5.32 Å². The Morgan fingerprint density at radius 2 is 1.80 bits per heavy atom. The van der Waals surface area contributed by atoms with E-state index in [1.165, 1.54) is 5.56 Å². The summed E-state index contributed by atoms with van der Waals surface area (Å²) >= 11 is 0. The van der Waals surface area contributed by atoms with E-state index in [1.807, 2.05) is 42.5 Å². The molecule has 0 aromatic heterocycles. The number of hydrogen-bond donors (Lipinski definition) is 3. The number of carbonyl (C=O) groups is 1. The third kappa shape index (κ3) is 4.46. The van der Waals surface area contributed by atoms with Crippen LogP contribution in [0.25, 0.3) is 10.8 Å². The molecule has 0 heterocycles. The number of aliphatic carboxylic acids is 1. The quantitative estimate of drug-likeness (QED) is 0.487. The summed E-state index contributed by atoms with van der Waals surface area (Å²) in [5, 5.41) is 17.1. The van der Waals surface area contributed by atoms with Crippen LogP contribution >= 0.6 is 0 Å². The molecule has 0 radical (unpaired) electrons. The molecule has 1 aliphatic rings. The molecule has 3 atom stereocenters. The Morgan fingerprint density at radius 3 is 2.53 bits per heavy atom. The largest absolute Gasteiger partial charge is 0.480 e. The van der Waals surface area contributed by atoms with E-state index in [0.29, 0.717) is 17.3 Å². The maximum Gasteiger partial charge on any atom is 0.322 e. The Balaban J connectivity index is 1.39. The fourth-order valence-corrected chi connectivity index (χ4v) is 4.59. The number of hydrogen-bond acceptors (Lipinski definition) is 3. The summed E-state index contributed by atoms with van der Waals surface area (Å²) in [6.07, 6.45) is 3.29. The lowest BCUT2D eigenvalue weighted by atomic mass is 9.96. The minimum atomic E-state index is -0.869. The number of carboxylic acid groups (broad SMARTS) is 1. The average molecular weight is 407 g/mol. The standard InChI is InChI=1S/C25H27FN2O2/c1-16(21-12-13-24(26)23-5-3-2-4-22(21)23)28-20-11-8-18(14-20)17-6-9-19(10-7-17)27-15-25(29)30/h2-7,9-10,12-13,16,18,20,27-28H,8,11,14-15H2,1H3,(H,29,30)/t16-,18-,20?/m1/s1. The van der Waals surface area contributed by atoms with E-state index in [0.717, 1.165) is 35.9 Å². The molecule has 3 N–H and O–H groups in total. The minimum Gasteiger partial charge on any atom is -0.480 e. The molecule has 5 heteroatoms. The summed E-state index contributed by atoms with van der Waals surface area (Å²) in [5.74, 6) is -0.552. The predicted molar refractivity (Wildman–Crippen MR) is 118 cm³/mol. The first-order valence-corrected chi connectivity index (χ1v) is 10.5. The summed E-state index contributed by atoms with van der Waals surface area (Å²) < 4.78 is 14.1. The van der Waals surface area contributed by atoms with Gasteiger partial charge in [0.15, 0.2) is 0 Å². The number of benzene rings is 3. The van der Waals surface area contributed by atoms with Crippen molar-refractivity contribution in [1.29, 1.82) is 0 Å². The van der Waals surface area contributed by atoms with E-state index in [-0.39, 0.29) is 18.4 Å². The molecule has 1 fully saturated rings. The number of halogens is 1. The van der Waals surface area contributed by atoms with Crippen LogP contribution in [0.5, 0.6) is 0 Å². The van der Waals surface area contributed by atoms with E-state index in [1.54, 1.807) is 6.07 Å². The van der Waals surface area contributed by atoms with Crippen LogP contribution in [0, 0.1) is 5.82 Å². The molecule has 0 bridgehead atoms. The first-order valence-electron chi connectivity index (χ1n) is 10.5. The van der Waals surface area contributed by atoms with Crippen molar-refractivity contribution in [3.63, 3.8) is 0 Å². The lowest BCUT2D eigenvalue weighted by Crippen LogP contribution is -2.29. The molecular weight excluding hydrogens is 379 g/mol. The zero-order valence-electron chi connectivity index (χ0n) is 17.1. The highest BCUT2D eigenvalue weighted by Gasteiger charge is 2.27. The number of anilines is 1. The van der Waals surface area contributed by atoms with Gasteiger partial charge >= 0.3 is 5.97 Å². The van der Waals surface area contributed by atoms with Crippen molar-refractivity contribution in [3.05, 3.63) is 77.6 Å². The second-order valence-corrected chi connectivity index (χ2v) is 8.15. The molecule has 3 aromatic carbocycles. The zero-order valence-corrected chi connectivity index (χ0v) is 17.1. The van der Waals surface area contributed by atoms with Gasteiger partial charge in [0.05, 0.1) is 0 Å². The normalized spacial score (nSPS) is 19.7. The molecule has 1 aliphatic carbocycles. The van der Waals surface area contributed by atoms with Crippen molar-refractivity contribution in [2.75, 3.05) is 11.9 Å². The highest BCUT2D eigenvalue weighted by atomic mass is 19.1. The highest BCUT2D eigenvalue weighted by Crippen LogP contribution is 2.36. The van der Waals surface area contributed by atoms with Crippen molar-refractivity contribution < 1.29 is 14.3 Å². The molecule has 156 valence electrons. The van der Waals surface area contributed by atoms with Gasteiger partial charge in [0, 0.05) is 23.2 Å². The molecule has 0 aliphatic heterocycles. The van der Waals surface area contributed by atoms with Crippen LogP contribution in [0.2, 0.25) is 0 Å². The maximum atomic E-state index is 14.1. The van der Waals surface area contributed by atoms with Crippen molar-refractivity contribution in [3.8, 4) is 0 Å². The van der Waals surface area contributed by atoms with Gasteiger partial charge in [0.25, 0.3) is 0 Å². The summed E-state index contributed by atoms with van der Waals surface area (Å²) in [5.41, 5.74) is 3.25. The van der Waals surface area contributed by atoms with Crippen molar-refractivity contribution in [2.45, 2.75) is 44.2 Å². The molecule has 0 amide bonds. The molecule has 0 spiro atoms. The Hall–Kier alpha value is -2.92. The number of rotatable bonds is 7. The van der Waals surface area contributed by atoms with Crippen molar-refractivity contribution in [2.24, 2.45) is 0 Å². The molecular formula is C25H27FN2O2. The fraction of sp³-hybridized carbons (Fsp3) is 0.320. The first kappa shape index (κ1) is 20.4. The van der Waals surface area contributed by atoms with Crippen molar-refractivity contribution >= 4 is 22.4 Å². The van der Waals surface area contributed by atoms with Gasteiger partial charge in [-0.3, -0.25) is 4.79 Å². The van der Waals surface area contributed by atoms with Gasteiger partial charge in [-0.1, -0.05) is 42.5 Å². The second-order valence-electron chi connectivity index (χ2n) is 8.15. The van der Waals surface area contributed by atoms with E-state index in [2.05, 4.69) is 29.7 Å². The highest BCUT2D eigenvalue weighted by molar-refractivity contribution is 5.86. The van der Waals surface area contributed by atoms with Gasteiger partial charge in [0.1, 0.15) is 12.4 Å². The summed E-state index contributed by atoms with van der Waals surface area (Å²) in [7, 11) is 0. The minimum absolute atomic E-state index is 0.0786. The van der Waals surface area contributed by atoms with Crippen LogP contribution in [0.1, 0.15) is 49.3 Å². The lowest BCUT2D eigenvalue weighted by Gasteiger charge is -2.22. The molecule has 1 saturated carbocycles. The summed E-state index contributed by atoms with van der Waals surface area (Å²) in [6.45, 7) is 2.07. The van der Waals surface area contributed by atoms with Gasteiger partial charge in [-0.05, 0) is 66.8 Å². The second kappa shape index (κ2) is 8.84. The first-order chi connectivity index (χ1) is 14.5. The molecule has 30 heavy (non-hydrogen) atoms. The Labute approximate surface area is 176 Å². The molecule has 1 unspecified atom stereocenters. The van der Waals surface area contributed by atoms with E-state index in [4.69, 9.17) is 5.11 Å². The fourth-order valence-electron chi connectivity index (χ4n) is 4.59. The lowest BCUT2D eigenvalue weighted by molar-refractivity contribution is -0.134. The average Bonchev–Trinajstić information content (AvgIpc) is 3.21. The predicted octanol–water partition coefficient (Wildman–Crippen LogP) is 5.46. The topological polar surface area (TPSA) is 61.4 Å². The zero-order chi connectivity index (χ0) is 21.1. The summed E-state index contributed by atoms with van der Waals surface area (Å²) in [4.78, 5) is 10.7. The Bertz CT molecular complexity index is 1040. The number of fused-ring (bicyclic) bond motifs is 1. The maximum absolute atomic E-state index is 14.1. The van der Waals surface area contributed by atoms with Gasteiger partial charge < -0.3 is 15.7 Å².